The first kappa shape index (κ1) is 21.5. The fourth-order valence-electron chi connectivity index (χ4n) is 3.19. The van der Waals surface area contributed by atoms with Crippen molar-refractivity contribution in [2.75, 3.05) is 0 Å². The van der Waals surface area contributed by atoms with Crippen molar-refractivity contribution in [3.63, 3.8) is 0 Å². The van der Waals surface area contributed by atoms with E-state index in [0.717, 1.165) is 10.5 Å². The van der Waals surface area contributed by atoms with E-state index in [1.54, 1.807) is 12.1 Å². The Hall–Kier alpha value is -4.73. The van der Waals surface area contributed by atoms with E-state index in [0.29, 0.717) is 5.76 Å². The molecule has 2 aromatic carbocycles. The number of hydrogen-bond donors (Lipinski definition) is 1. The van der Waals surface area contributed by atoms with Crippen LogP contribution in [0.15, 0.2) is 76.9 Å². The second-order valence-corrected chi connectivity index (χ2v) is 7.05. The number of nitrogens with one attached hydrogen (secondary N) is 1. The van der Waals surface area contributed by atoms with Gasteiger partial charge < -0.3 is 9.15 Å². The van der Waals surface area contributed by atoms with Gasteiger partial charge in [-0.1, -0.05) is 36.4 Å². The minimum atomic E-state index is -0.896. The summed E-state index contributed by atoms with van der Waals surface area (Å²) in [6.45, 7) is -0.0401. The fraction of sp³-hybridized carbons (Fsp3) is 0.0870. The van der Waals surface area contributed by atoms with Crippen LogP contribution in [0.5, 0.6) is 5.75 Å². The van der Waals surface area contributed by atoms with Crippen LogP contribution in [0.1, 0.15) is 16.9 Å². The monoisotopic (exact) mass is 447 g/mol. The molecular formula is C23H17N3O7. The van der Waals surface area contributed by atoms with E-state index in [1.807, 2.05) is 30.3 Å². The molecule has 2 heterocycles. The summed E-state index contributed by atoms with van der Waals surface area (Å²) in [6.07, 6.45) is 2.58. The van der Waals surface area contributed by atoms with Gasteiger partial charge in [-0.15, -0.1) is 0 Å². The van der Waals surface area contributed by atoms with Crippen LogP contribution in [-0.2, 0) is 22.7 Å². The molecule has 0 radical (unpaired) electrons. The molecule has 0 spiro atoms. The number of ether oxygens (including phenoxy) is 1. The molecule has 1 N–H and O–H groups in total. The van der Waals surface area contributed by atoms with E-state index < -0.39 is 22.8 Å². The van der Waals surface area contributed by atoms with E-state index in [-0.39, 0.29) is 35.7 Å². The van der Waals surface area contributed by atoms with Crippen LogP contribution in [0, 0.1) is 10.1 Å². The van der Waals surface area contributed by atoms with Crippen molar-refractivity contribution in [2.45, 2.75) is 13.2 Å². The average Bonchev–Trinajstić information content (AvgIpc) is 3.32. The Morgan fingerprint density at radius 2 is 1.85 bits per heavy atom. The third-order valence-corrected chi connectivity index (χ3v) is 4.81. The number of carbonyl (C=O) groups is 3. The molecule has 0 aliphatic carbocycles. The number of rotatable bonds is 7. The Kier molecular flexibility index (Phi) is 5.98. The van der Waals surface area contributed by atoms with Gasteiger partial charge in [0.1, 0.15) is 17.9 Å². The second-order valence-electron chi connectivity index (χ2n) is 7.05. The average molecular weight is 447 g/mol. The van der Waals surface area contributed by atoms with Gasteiger partial charge in [-0.3, -0.25) is 29.9 Å². The van der Waals surface area contributed by atoms with Crippen LogP contribution in [-0.4, -0.2) is 27.7 Å². The Labute approximate surface area is 187 Å². The van der Waals surface area contributed by atoms with Gasteiger partial charge in [0.15, 0.2) is 5.75 Å². The van der Waals surface area contributed by atoms with Gasteiger partial charge >= 0.3 is 11.7 Å². The fourth-order valence-corrected chi connectivity index (χ4v) is 3.19. The summed E-state index contributed by atoms with van der Waals surface area (Å²) in [7, 11) is 0. The third kappa shape index (κ3) is 4.79. The molecule has 1 aliphatic heterocycles. The first-order valence-corrected chi connectivity index (χ1v) is 9.79. The summed E-state index contributed by atoms with van der Waals surface area (Å²) in [4.78, 5) is 49.0. The van der Waals surface area contributed by atoms with Crippen LogP contribution in [0.4, 0.5) is 10.5 Å². The molecule has 1 aliphatic rings. The molecule has 4 amide bonds. The minimum absolute atomic E-state index is 0.0417. The van der Waals surface area contributed by atoms with Crippen LogP contribution < -0.4 is 10.1 Å². The maximum Gasteiger partial charge on any atom is 0.331 e. The summed E-state index contributed by atoms with van der Waals surface area (Å²) in [5, 5.41) is 13.7. The number of nitrogens with zero attached hydrogens (tertiary/aromatic N) is 2. The van der Waals surface area contributed by atoms with Crippen LogP contribution in [0.25, 0.3) is 6.08 Å². The highest BCUT2D eigenvalue weighted by atomic mass is 16.6. The van der Waals surface area contributed by atoms with Crippen molar-refractivity contribution < 1.29 is 28.5 Å². The number of carbonyl (C=O) groups excluding carboxylic acids is 3. The molecule has 1 saturated heterocycles. The van der Waals surface area contributed by atoms with Gasteiger partial charge in [0.05, 0.1) is 17.7 Å². The maximum atomic E-state index is 12.8. The molecule has 3 aromatic rings. The molecule has 0 bridgehead atoms. The number of barbiturate groups is 1. The molecule has 0 atom stereocenters. The number of imide groups is 2. The van der Waals surface area contributed by atoms with Crippen molar-refractivity contribution in [3.05, 3.63) is 99.5 Å². The lowest BCUT2D eigenvalue weighted by Crippen LogP contribution is -2.53. The summed E-state index contributed by atoms with van der Waals surface area (Å²) >= 11 is 0. The molecule has 1 fully saturated rings. The highest BCUT2D eigenvalue weighted by Gasteiger charge is 2.36. The highest BCUT2D eigenvalue weighted by molar-refractivity contribution is 6.30. The lowest BCUT2D eigenvalue weighted by Gasteiger charge is -2.25. The van der Waals surface area contributed by atoms with E-state index in [2.05, 4.69) is 5.32 Å². The van der Waals surface area contributed by atoms with Gasteiger partial charge in [0.2, 0.25) is 0 Å². The van der Waals surface area contributed by atoms with Gasteiger partial charge in [-0.05, 0) is 35.4 Å². The lowest BCUT2D eigenvalue weighted by atomic mass is 10.1. The van der Waals surface area contributed by atoms with Crippen molar-refractivity contribution in [1.29, 1.82) is 0 Å². The van der Waals surface area contributed by atoms with Gasteiger partial charge in [-0.25, -0.2) is 4.79 Å². The first-order chi connectivity index (χ1) is 15.9. The molecule has 33 heavy (non-hydrogen) atoms. The third-order valence-electron chi connectivity index (χ3n) is 4.81. The van der Waals surface area contributed by atoms with Crippen LogP contribution in [0.3, 0.4) is 0 Å². The molecule has 166 valence electrons. The lowest BCUT2D eigenvalue weighted by molar-refractivity contribution is -0.386. The number of hydrogen-bond acceptors (Lipinski definition) is 7. The first-order valence-electron chi connectivity index (χ1n) is 9.79. The zero-order valence-corrected chi connectivity index (χ0v) is 17.1. The zero-order chi connectivity index (χ0) is 23.4. The smallest absolute Gasteiger partial charge is 0.331 e. The Morgan fingerprint density at radius 3 is 2.55 bits per heavy atom. The standard InChI is InChI=1S/C23H17N3O7/c27-21-18(22(28)25(23(29)24-21)13-17-7-4-10-32-17)11-16-8-9-20(19(12-16)26(30)31)33-14-15-5-2-1-3-6-15/h1-12H,13-14H2,(H,24,27,29). The Morgan fingerprint density at radius 1 is 1.06 bits per heavy atom. The molecule has 0 unspecified atom stereocenters. The van der Waals surface area contributed by atoms with Gasteiger partial charge in [0.25, 0.3) is 11.8 Å². The van der Waals surface area contributed by atoms with E-state index >= 15 is 0 Å². The molecule has 4 rings (SSSR count). The minimum Gasteiger partial charge on any atom is -0.482 e. The Bertz CT molecular complexity index is 1250. The van der Waals surface area contributed by atoms with E-state index in [1.165, 1.54) is 30.5 Å². The van der Waals surface area contributed by atoms with Gasteiger partial charge in [-0.2, -0.15) is 0 Å². The van der Waals surface area contributed by atoms with E-state index in [9.17, 15) is 24.5 Å². The number of furan rings is 1. The SMILES string of the molecule is O=C1NC(=O)N(Cc2ccco2)C(=O)C1=Cc1ccc(OCc2ccccc2)c([N+](=O)[O-])c1. The quantitative estimate of drug-likeness (QED) is 0.254. The summed E-state index contributed by atoms with van der Waals surface area (Å²) < 4.78 is 10.7. The molecular weight excluding hydrogens is 430 g/mol. The number of nitro benzene ring substituents is 1. The Balaban J connectivity index is 1.59. The molecule has 10 nitrogen and oxygen atoms in total. The summed E-state index contributed by atoms with van der Waals surface area (Å²) in [5.41, 5.74) is 0.393. The van der Waals surface area contributed by atoms with Crippen molar-refractivity contribution in [1.82, 2.24) is 10.2 Å². The molecule has 10 heteroatoms. The number of amides is 4. The molecule has 0 saturated carbocycles. The normalized spacial score (nSPS) is 15.0. The second kappa shape index (κ2) is 9.18. The van der Waals surface area contributed by atoms with E-state index in [4.69, 9.17) is 9.15 Å². The summed E-state index contributed by atoms with van der Waals surface area (Å²) in [5.74, 6) is -1.34. The predicted octanol–water partition coefficient (Wildman–Crippen LogP) is 3.43. The largest absolute Gasteiger partial charge is 0.482 e. The van der Waals surface area contributed by atoms with Crippen molar-refractivity contribution in [2.24, 2.45) is 0 Å². The van der Waals surface area contributed by atoms with Crippen LogP contribution in [0.2, 0.25) is 0 Å². The van der Waals surface area contributed by atoms with Crippen molar-refractivity contribution >= 4 is 29.6 Å². The number of nitro groups is 1. The number of urea groups is 1. The zero-order valence-electron chi connectivity index (χ0n) is 17.1. The highest BCUT2D eigenvalue weighted by Crippen LogP contribution is 2.30. The van der Waals surface area contributed by atoms with Crippen LogP contribution >= 0.6 is 0 Å². The summed E-state index contributed by atoms with van der Waals surface area (Å²) in [6, 6.07) is 15.5. The predicted molar refractivity (Wildman–Crippen MR) is 115 cm³/mol. The number of benzene rings is 2. The van der Waals surface area contributed by atoms with Crippen molar-refractivity contribution in [3.8, 4) is 5.75 Å². The van der Waals surface area contributed by atoms with Gasteiger partial charge in [0, 0.05) is 6.07 Å². The topological polar surface area (TPSA) is 132 Å². The molecule has 1 aromatic heterocycles. The maximum absolute atomic E-state index is 12.8.